The van der Waals surface area contributed by atoms with Crippen molar-refractivity contribution in [3.05, 3.63) is 23.5 Å². The molecular formula is C11H16N6O. The Hall–Kier alpha value is -2.18. The molecule has 18 heavy (non-hydrogen) atoms. The summed E-state index contributed by atoms with van der Waals surface area (Å²) in [6, 6.07) is 0. The van der Waals surface area contributed by atoms with Crippen LogP contribution < -0.4 is 9.64 Å². The molecule has 7 heteroatoms. The molecule has 0 fully saturated rings. The molecule has 0 aromatic carbocycles. The molecular weight excluding hydrogens is 232 g/mol. The number of H-pyrrole nitrogens is 1. The van der Waals surface area contributed by atoms with Crippen LogP contribution in [0.2, 0.25) is 0 Å². The Morgan fingerprint density at radius 2 is 2.11 bits per heavy atom. The first-order chi connectivity index (χ1) is 8.61. The first-order valence-corrected chi connectivity index (χ1v) is 5.56. The van der Waals surface area contributed by atoms with Crippen molar-refractivity contribution in [1.82, 2.24) is 25.1 Å². The number of rotatable bonds is 4. The highest BCUT2D eigenvalue weighted by molar-refractivity contribution is 5.50. The molecule has 0 saturated heterocycles. The van der Waals surface area contributed by atoms with Crippen LogP contribution in [0, 0.1) is 13.8 Å². The Kier molecular flexibility index (Phi) is 3.40. The molecule has 96 valence electrons. The Bertz CT molecular complexity index is 525. The van der Waals surface area contributed by atoms with Crippen molar-refractivity contribution >= 4 is 5.82 Å². The number of aromatic amines is 1. The number of nitrogens with one attached hydrogen (secondary N) is 1. The van der Waals surface area contributed by atoms with Gasteiger partial charge in [-0.05, 0) is 13.8 Å². The van der Waals surface area contributed by atoms with Crippen LogP contribution in [-0.4, -0.2) is 39.3 Å². The summed E-state index contributed by atoms with van der Waals surface area (Å²) in [5, 5.41) is 6.65. The second-order valence-electron chi connectivity index (χ2n) is 4.02. The van der Waals surface area contributed by atoms with Crippen LogP contribution >= 0.6 is 0 Å². The summed E-state index contributed by atoms with van der Waals surface area (Å²) in [4.78, 5) is 14.7. The molecule has 2 heterocycles. The maximum Gasteiger partial charge on any atom is 0.221 e. The number of aromatic nitrogens is 5. The van der Waals surface area contributed by atoms with Crippen molar-refractivity contribution in [1.29, 1.82) is 0 Å². The van der Waals surface area contributed by atoms with Gasteiger partial charge in [0.2, 0.25) is 5.88 Å². The average Bonchev–Trinajstić information content (AvgIpc) is 2.84. The Morgan fingerprint density at radius 3 is 2.72 bits per heavy atom. The minimum absolute atomic E-state index is 0.598. The van der Waals surface area contributed by atoms with Gasteiger partial charge in [-0.3, -0.25) is 5.10 Å². The van der Waals surface area contributed by atoms with Crippen LogP contribution in [-0.2, 0) is 6.54 Å². The number of methoxy groups -OCH3 is 1. The maximum atomic E-state index is 5.24. The number of nitrogens with zero attached hydrogens (tertiary/aromatic N) is 5. The summed E-state index contributed by atoms with van der Waals surface area (Å²) < 4.78 is 5.24. The molecule has 1 N–H and O–H groups in total. The Balaban J connectivity index is 2.29. The second-order valence-corrected chi connectivity index (χ2v) is 4.02. The number of anilines is 1. The van der Waals surface area contributed by atoms with Crippen molar-refractivity contribution < 1.29 is 4.74 Å². The van der Waals surface area contributed by atoms with Crippen LogP contribution in [0.25, 0.3) is 0 Å². The molecule has 2 rings (SSSR count). The molecule has 0 unspecified atom stereocenters. The molecule has 2 aromatic heterocycles. The molecule has 0 radical (unpaired) electrons. The van der Waals surface area contributed by atoms with E-state index in [-0.39, 0.29) is 0 Å². The molecule has 0 aliphatic rings. The largest absolute Gasteiger partial charge is 0.481 e. The van der Waals surface area contributed by atoms with Gasteiger partial charge >= 0.3 is 0 Å². The lowest BCUT2D eigenvalue weighted by Gasteiger charge is -2.20. The highest BCUT2D eigenvalue weighted by Crippen LogP contribution is 2.24. The highest BCUT2D eigenvalue weighted by Gasteiger charge is 2.14. The zero-order chi connectivity index (χ0) is 13.1. The van der Waals surface area contributed by atoms with Crippen LogP contribution in [0.15, 0.2) is 6.33 Å². The van der Waals surface area contributed by atoms with Gasteiger partial charge < -0.3 is 9.64 Å². The molecule has 0 amide bonds. The second kappa shape index (κ2) is 4.99. The lowest BCUT2D eigenvalue weighted by Crippen LogP contribution is -2.20. The van der Waals surface area contributed by atoms with Gasteiger partial charge in [-0.1, -0.05) is 0 Å². The third-order valence-corrected chi connectivity index (χ3v) is 2.59. The van der Waals surface area contributed by atoms with Crippen LogP contribution in [0.4, 0.5) is 5.82 Å². The molecule has 0 saturated carbocycles. The van der Waals surface area contributed by atoms with Gasteiger partial charge in [-0.2, -0.15) is 10.1 Å². The van der Waals surface area contributed by atoms with E-state index in [0.29, 0.717) is 18.2 Å². The van der Waals surface area contributed by atoms with Crippen LogP contribution in [0.5, 0.6) is 5.88 Å². The summed E-state index contributed by atoms with van der Waals surface area (Å²) >= 11 is 0. The molecule has 0 aliphatic heterocycles. The lowest BCUT2D eigenvalue weighted by molar-refractivity contribution is 0.392. The maximum absolute atomic E-state index is 5.24. The number of aryl methyl sites for hydroxylation is 1. The summed E-state index contributed by atoms with van der Waals surface area (Å²) in [6.45, 7) is 4.37. The predicted molar refractivity (Wildman–Crippen MR) is 66.5 cm³/mol. The van der Waals surface area contributed by atoms with Crippen LogP contribution in [0.1, 0.15) is 17.2 Å². The number of ether oxygens (including phenoxy) is 1. The first-order valence-electron chi connectivity index (χ1n) is 5.56. The van der Waals surface area contributed by atoms with Gasteiger partial charge in [-0.15, -0.1) is 0 Å². The van der Waals surface area contributed by atoms with E-state index in [1.165, 1.54) is 6.33 Å². The van der Waals surface area contributed by atoms with E-state index in [9.17, 15) is 0 Å². The standard InChI is InChI=1S/C11H16N6O/c1-7-10(14-8(2)15-11(7)18-4)17(3)5-9-12-6-13-16-9/h6H,5H2,1-4H3,(H,12,13,16). The Labute approximate surface area is 105 Å². The molecule has 2 aromatic rings. The van der Waals surface area contributed by atoms with Gasteiger partial charge in [0.15, 0.2) is 0 Å². The average molecular weight is 248 g/mol. The van der Waals surface area contributed by atoms with E-state index in [1.807, 2.05) is 25.8 Å². The quantitative estimate of drug-likeness (QED) is 0.864. The van der Waals surface area contributed by atoms with E-state index >= 15 is 0 Å². The zero-order valence-corrected chi connectivity index (χ0v) is 10.9. The lowest BCUT2D eigenvalue weighted by atomic mass is 10.3. The smallest absolute Gasteiger partial charge is 0.221 e. The zero-order valence-electron chi connectivity index (χ0n) is 10.9. The Morgan fingerprint density at radius 1 is 1.33 bits per heavy atom. The van der Waals surface area contributed by atoms with Crippen LogP contribution in [0.3, 0.4) is 0 Å². The fourth-order valence-corrected chi connectivity index (χ4v) is 1.77. The SMILES string of the molecule is COc1nc(C)nc(N(C)Cc2ncn[nH]2)c1C. The molecule has 7 nitrogen and oxygen atoms in total. The molecule has 0 aliphatic carbocycles. The van der Waals surface area contributed by atoms with E-state index in [1.54, 1.807) is 7.11 Å². The van der Waals surface area contributed by atoms with Gasteiger partial charge in [0.25, 0.3) is 0 Å². The summed E-state index contributed by atoms with van der Waals surface area (Å²) in [7, 11) is 3.55. The number of hydrogen-bond acceptors (Lipinski definition) is 6. The summed E-state index contributed by atoms with van der Waals surface area (Å²) in [5.74, 6) is 2.89. The van der Waals surface area contributed by atoms with Crippen molar-refractivity contribution in [2.24, 2.45) is 0 Å². The van der Waals surface area contributed by atoms with Gasteiger partial charge in [0, 0.05) is 7.05 Å². The van der Waals surface area contributed by atoms with Crippen molar-refractivity contribution in [3.63, 3.8) is 0 Å². The van der Waals surface area contributed by atoms with E-state index in [4.69, 9.17) is 4.74 Å². The fourth-order valence-electron chi connectivity index (χ4n) is 1.77. The molecule has 0 atom stereocenters. The molecule has 0 bridgehead atoms. The van der Waals surface area contributed by atoms with Crippen molar-refractivity contribution in [2.75, 3.05) is 19.1 Å². The van der Waals surface area contributed by atoms with Gasteiger partial charge in [-0.25, -0.2) is 9.97 Å². The van der Waals surface area contributed by atoms with Gasteiger partial charge in [0.1, 0.15) is 23.8 Å². The van der Waals surface area contributed by atoms with Crippen molar-refractivity contribution in [3.8, 4) is 5.88 Å². The molecule has 0 spiro atoms. The third-order valence-electron chi connectivity index (χ3n) is 2.59. The predicted octanol–water partition coefficient (Wildman–Crippen LogP) is 0.857. The topological polar surface area (TPSA) is 79.8 Å². The van der Waals surface area contributed by atoms with E-state index in [2.05, 4.69) is 25.1 Å². The minimum atomic E-state index is 0.598. The summed E-state index contributed by atoms with van der Waals surface area (Å²) in [5.41, 5.74) is 0.908. The normalized spacial score (nSPS) is 10.4. The minimum Gasteiger partial charge on any atom is -0.481 e. The number of hydrogen-bond donors (Lipinski definition) is 1. The van der Waals surface area contributed by atoms with Gasteiger partial charge in [0.05, 0.1) is 19.2 Å². The third kappa shape index (κ3) is 2.39. The summed E-state index contributed by atoms with van der Waals surface area (Å²) in [6.07, 6.45) is 1.49. The fraction of sp³-hybridized carbons (Fsp3) is 0.455. The highest BCUT2D eigenvalue weighted by atomic mass is 16.5. The van der Waals surface area contributed by atoms with E-state index in [0.717, 1.165) is 17.2 Å². The first kappa shape index (κ1) is 12.3. The van der Waals surface area contributed by atoms with Crippen molar-refractivity contribution in [2.45, 2.75) is 20.4 Å². The monoisotopic (exact) mass is 248 g/mol. The van der Waals surface area contributed by atoms with E-state index < -0.39 is 0 Å².